The maximum absolute atomic E-state index is 2.63. The third-order valence-corrected chi connectivity index (χ3v) is 15.9. The Morgan fingerprint density at radius 1 is 0.239 bits per heavy atom. The molecule has 0 heterocycles. The van der Waals surface area contributed by atoms with Gasteiger partial charge in [0.05, 0.1) is 5.41 Å². The summed E-state index contributed by atoms with van der Waals surface area (Å²) in [7, 11) is 0. The fourth-order valence-electron chi connectivity index (χ4n) is 12.7. The van der Waals surface area contributed by atoms with Crippen LogP contribution in [0.4, 0.5) is 17.1 Å². The SMILES string of the molecule is CC1(C)c2ccccc2-c2c1cc1c(c2-c2ccccc2)-c2cc(N(c3ccc(-c4ccccc4)cc3)c3ccc(-c4ccc(-c5ccccc5)cc4)cc3)ccc2C12c1ccccc1-c1ccccc12. The van der Waals surface area contributed by atoms with Crippen LogP contribution in [0.25, 0.3) is 77.9 Å². The lowest BCUT2D eigenvalue weighted by molar-refractivity contribution is 0.657. The summed E-state index contributed by atoms with van der Waals surface area (Å²) in [6.07, 6.45) is 0. The first kappa shape index (κ1) is 41.2. The molecule has 0 radical (unpaired) electrons. The van der Waals surface area contributed by atoms with Crippen LogP contribution in [0.5, 0.6) is 0 Å². The second-order valence-corrected chi connectivity index (χ2v) is 19.9. The van der Waals surface area contributed by atoms with E-state index in [2.05, 4.69) is 280 Å². The second kappa shape index (κ2) is 15.9. The van der Waals surface area contributed by atoms with Crippen LogP contribution in [-0.4, -0.2) is 0 Å². The van der Waals surface area contributed by atoms with Crippen LogP contribution in [0.3, 0.4) is 0 Å². The molecule has 3 aliphatic rings. The Bertz CT molecular complexity index is 3800. The van der Waals surface area contributed by atoms with Gasteiger partial charge in [-0.05, 0) is 148 Å². The van der Waals surface area contributed by atoms with Crippen molar-refractivity contribution in [3.8, 4) is 77.9 Å². The van der Waals surface area contributed by atoms with Crippen LogP contribution in [0.2, 0.25) is 0 Å². The van der Waals surface area contributed by atoms with Gasteiger partial charge in [0.15, 0.2) is 0 Å². The highest BCUT2D eigenvalue weighted by Gasteiger charge is 2.54. The zero-order valence-corrected chi connectivity index (χ0v) is 39.8. The molecule has 0 N–H and O–H groups in total. The van der Waals surface area contributed by atoms with Gasteiger partial charge in [-0.15, -0.1) is 0 Å². The zero-order valence-electron chi connectivity index (χ0n) is 39.8. The van der Waals surface area contributed by atoms with Crippen molar-refractivity contribution in [3.63, 3.8) is 0 Å². The summed E-state index contributed by atoms with van der Waals surface area (Å²) in [6.45, 7) is 4.85. The Hall–Kier alpha value is -8.78. The first-order valence-corrected chi connectivity index (χ1v) is 24.9. The van der Waals surface area contributed by atoms with Crippen LogP contribution in [0, 0.1) is 0 Å². The lowest BCUT2D eigenvalue weighted by Crippen LogP contribution is -2.27. The Morgan fingerprint density at radius 2 is 0.606 bits per heavy atom. The van der Waals surface area contributed by atoms with E-state index in [-0.39, 0.29) is 5.41 Å². The molecule has 1 heteroatoms. The minimum absolute atomic E-state index is 0.206. The number of benzene rings is 11. The molecule has 14 rings (SSSR count). The predicted molar refractivity (Wildman–Crippen MR) is 297 cm³/mol. The summed E-state index contributed by atoms with van der Waals surface area (Å²) >= 11 is 0. The van der Waals surface area contributed by atoms with Gasteiger partial charge in [0.1, 0.15) is 0 Å². The van der Waals surface area contributed by atoms with Gasteiger partial charge in [0.25, 0.3) is 0 Å². The predicted octanol–water partition coefficient (Wildman–Crippen LogP) is 18.5. The quantitative estimate of drug-likeness (QED) is 0.154. The number of hydrogen-bond donors (Lipinski definition) is 0. The third kappa shape index (κ3) is 6.13. The van der Waals surface area contributed by atoms with Crippen molar-refractivity contribution in [2.45, 2.75) is 24.7 Å². The summed E-state index contributed by atoms with van der Waals surface area (Å²) in [5.74, 6) is 0. The fourth-order valence-corrected chi connectivity index (χ4v) is 12.7. The summed E-state index contributed by atoms with van der Waals surface area (Å²) in [4.78, 5) is 2.45. The molecule has 1 nitrogen and oxygen atoms in total. The molecule has 3 aliphatic carbocycles. The lowest BCUT2D eigenvalue weighted by Gasteiger charge is -2.32. The van der Waals surface area contributed by atoms with Crippen molar-refractivity contribution in [3.05, 3.63) is 294 Å². The van der Waals surface area contributed by atoms with Crippen molar-refractivity contribution in [1.82, 2.24) is 0 Å². The van der Waals surface area contributed by atoms with Crippen LogP contribution in [0.15, 0.2) is 261 Å². The second-order valence-electron chi connectivity index (χ2n) is 19.9. The molecule has 0 aliphatic heterocycles. The molecular formula is C70H49N. The largest absolute Gasteiger partial charge is 0.310 e. The molecular weight excluding hydrogens is 855 g/mol. The first-order chi connectivity index (χ1) is 35.0. The molecule has 0 fully saturated rings. The highest BCUT2D eigenvalue weighted by molar-refractivity contribution is 6.07. The molecule has 0 saturated heterocycles. The molecule has 1 spiro atoms. The van der Waals surface area contributed by atoms with Crippen molar-refractivity contribution in [1.29, 1.82) is 0 Å². The Balaban J connectivity index is 1.01. The standard InChI is InChI=1S/C70H49N/c1-69(2)60-27-15-14-26-58(60)67-64(69)45-65-68(66(67)52-22-10-5-11-23-52)59-44-55(42-43-63(59)70(65)61-28-16-12-24-56(61)57-25-13-17-29-62(57)70)71(53-38-34-50(35-39-53)47-20-8-4-9-21-47)54-40-36-51(37-41-54)49-32-30-48(31-33-49)46-18-6-3-7-19-46/h3-45H,1-2H3. The molecule has 0 saturated carbocycles. The molecule has 0 aromatic heterocycles. The molecule has 0 unspecified atom stereocenters. The van der Waals surface area contributed by atoms with E-state index in [1.807, 2.05) is 0 Å². The van der Waals surface area contributed by atoms with Gasteiger partial charge in [0, 0.05) is 22.5 Å². The average Bonchev–Trinajstić information content (AvgIpc) is 3.99. The minimum atomic E-state index is -0.528. The molecule has 11 aromatic carbocycles. The summed E-state index contributed by atoms with van der Waals surface area (Å²) in [5, 5.41) is 0. The highest BCUT2D eigenvalue weighted by atomic mass is 15.1. The molecule has 71 heavy (non-hydrogen) atoms. The topological polar surface area (TPSA) is 3.24 Å². The van der Waals surface area contributed by atoms with E-state index in [1.54, 1.807) is 0 Å². The zero-order chi connectivity index (χ0) is 47.3. The summed E-state index contributed by atoms with van der Waals surface area (Å²) in [5.41, 5.74) is 28.4. The maximum atomic E-state index is 2.63. The highest BCUT2D eigenvalue weighted by Crippen LogP contribution is 2.67. The van der Waals surface area contributed by atoms with Crippen LogP contribution >= 0.6 is 0 Å². The van der Waals surface area contributed by atoms with Crippen LogP contribution in [0.1, 0.15) is 47.2 Å². The van der Waals surface area contributed by atoms with Crippen molar-refractivity contribution >= 4 is 17.1 Å². The Kier molecular flexibility index (Phi) is 9.22. The van der Waals surface area contributed by atoms with Crippen molar-refractivity contribution in [2.24, 2.45) is 0 Å². The van der Waals surface area contributed by atoms with Gasteiger partial charge in [-0.1, -0.05) is 238 Å². The smallest absolute Gasteiger partial charge is 0.0725 e. The molecule has 0 amide bonds. The van der Waals surface area contributed by atoms with Gasteiger partial charge >= 0.3 is 0 Å². The van der Waals surface area contributed by atoms with Gasteiger partial charge in [-0.25, -0.2) is 0 Å². The minimum Gasteiger partial charge on any atom is -0.310 e. The summed E-state index contributed by atoms with van der Waals surface area (Å²) < 4.78 is 0. The first-order valence-electron chi connectivity index (χ1n) is 24.9. The van der Waals surface area contributed by atoms with Gasteiger partial charge < -0.3 is 4.90 Å². The van der Waals surface area contributed by atoms with Crippen molar-refractivity contribution in [2.75, 3.05) is 4.90 Å². The van der Waals surface area contributed by atoms with E-state index in [0.717, 1.165) is 17.1 Å². The number of fused-ring (bicyclic) bond motifs is 13. The van der Waals surface area contributed by atoms with E-state index in [9.17, 15) is 0 Å². The molecule has 0 bridgehead atoms. The van der Waals surface area contributed by atoms with Gasteiger partial charge in [-0.3, -0.25) is 0 Å². The normalized spacial score (nSPS) is 13.7. The number of nitrogens with zero attached hydrogens (tertiary/aromatic N) is 1. The average molecular weight is 904 g/mol. The number of hydrogen-bond acceptors (Lipinski definition) is 1. The Morgan fingerprint density at radius 3 is 1.11 bits per heavy atom. The number of anilines is 3. The van der Waals surface area contributed by atoms with Crippen LogP contribution < -0.4 is 4.90 Å². The van der Waals surface area contributed by atoms with E-state index >= 15 is 0 Å². The third-order valence-electron chi connectivity index (χ3n) is 15.9. The monoisotopic (exact) mass is 903 g/mol. The fraction of sp³-hybridized carbons (Fsp3) is 0.0571. The van der Waals surface area contributed by atoms with E-state index in [4.69, 9.17) is 0 Å². The Labute approximate surface area is 416 Å². The molecule has 334 valence electrons. The van der Waals surface area contributed by atoms with Crippen LogP contribution in [-0.2, 0) is 10.8 Å². The maximum Gasteiger partial charge on any atom is 0.0725 e. The van der Waals surface area contributed by atoms with E-state index < -0.39 is 5.41 Å². The number of rotatable bonds is 7. The molecule has 0 atom stereocenters. The lowest BCUT2D eigenvalue weighted by atomic mass is 9.69. The van der Waals surface area contributed by atoms with Gasteiger partial charge in [-0.2, -0.15) is 0 Å². The van der Waals surface area contributed by atoms with Crippen molar-refractivity contribution < 1.29 is 0 Å². The molecule has 11 aromatic rings. The van der Waals surface area contributed by atoms with Gasteiger partial charge in [0.2, 0.25) is 0 Å². The van der Waals surface area contributed by atoms with E-state index in [1.165, 1.54) is 111 Å². The summed E-state index contributed by atoms with van der Waals surface area (Å²) in [6, 6.07) is 97.1. The van der Waals surface area contributed by atoms with E-state index in [0.29, 0.717) is 0 Å².